The van der Waals surface area contributed by atoms with Crippen molar-refractivity contribution in [3.63, 3.8) is 0 Å². The molecule has 1 rings (SSSR count). The minimum Gasteiger partial charge on any atom is -0.343 e. The molecular weight excluding hydrogens is 338 g/mol. The highest BCUT2D eigenvalue weighted by molar-refractivity contribution is 5.90. The molecule has 154 valence electrons. The Morgan fingerprint density at radius 1 is 1.26 bits per heavy atom. The van der Waals surface area contributed by atoms with Crippen molar-refractivity contribution in [2.45, 2.75) is 84.8 Å². The van der Waals surface area contributed by atoms with Gasteiger partial charge in [-0.05, 0) is 44.7 Å². The molecule has 0 aromatic rings. The van der Waals surface area contributed by atoms with E-state index >= 15 is 0 Å². The van der Waals surface area contributed by atoms with Crippen LogP contribution in [0.5, 0.6) is 0 Å². The molecule has 1 aliphatic rings. The second-order valence-electron chi connectivity index (χ2n) is 8.25. The Bertz CT molecular complexity index is 526. The Kier molecular flexibility index (Phi) is 9.87. The van der Waals surface area contributed by atoms with Crippen LogP contribution in [0.1, 0.15) is 66.7 Å². The number of piperidine rings is 1. The fourth-order valence-corrected chi connectivity index (χ4v) is 3.79. The van der Waals surface area contributed by atoms with E-state index in [2.05, 4.69) is 23.1 Å². The molecule has 1 N–H and O–H groups in total. The van der Waals surface area contributed by atoms with E-state index in [-0.39, 0.29) is 35.7 Å². The first kappa shape index (κ1) is 23.5. The highest BCUT2D eigenvalue weighted by Crippen LogP contribution is 2.19. The average Bonchev–Trinajstić information content (AvgIpc) is 2.64. The molecule has 0 aromatic heterocycles. The van der Waals surface area contributed by atoms with Gasteiger partial charge in [-0.3, -0.25) is 14.5 Å². The number of nitrogens with one attached hydrogen (secondary N) is 1. The first-order valence-corrected chi connectivity index (χ1v) is 10.6. The van der Waals surface area contributed by atoms with Crippen LogP contribution < -0.4 is 5.32 Å². The molecule has 1 saturated heterocycles. The van der Waals surface area contributed by atoms with Gasteiger partial charge in [0.2, 0.25) is 11.8 Å². The number of hydrogen-bond donors (Lipinski definition) is 1. The predicted molar refractivity (Wildman–Crippen MR) is 111 cm³/mol. The number of carbonyl (C=O) groups excluding carboxylic acids is 2. The van der Waals surface area contributed by atoms with E-state index in [0.29, 0.717) is 6.54 Å². The molecule has 1 fully saturated rings. The number of carbonyl (C=O) groups is 2. The lowest BCUT2D eigenvalue weighted by Gasteiger charge is -2.37. The van der Waals surface area contributed by atoms with Crippen molar-refractivity contribution < 1.29 is 9.59 Å². The minimum absolute atomic E-state index is 0.0332. The van der Waals surface area contributed by atoms with Crippen molar-refractivity contribution in [2.75, 3.05) is 20.1 Å². The number of hydrogen-bond acceptors (Lipinski definition) is 3. The third-order valence-corrected chi connectivity index (χ3v) is 5.74. The molecule has 0 unspecified atom stereocenters. The Morgan fingerprint density at radius 2 is 1.93 bits per heavy atom. The van der Waals surface area contributed by atoms with Crippen LogP contribution in [0.15, 0.2) is 0 Å². The van der Waals surface area contributed by atoms with Gasteiger partial charge < -0.3 is 10.2 Å². The van der Waals surface area contributed by atoms with Crippen LogP contribution in [0.2, 0.25) is 0 Å². The molecule has 0 bridgehead atoms. The number of likely N-dealkylation sites (N-methyl/N-ethyl adjacent to an activating group) is 1. The van der Waals surface area contributed by atoms with Crippen molar-refractivity contribution in [3.8, 4) is 12.3 Å². The van der Waals surface area contributed by atoms with Crippen LogP contribution in [-0.4, -0.2) is 59.9 Å². The van der Waals surface area contributed by atoms with E-state index < -0.39 is 6.04 Å². The number of likely N-dealkylation sites (tertiary alicyclic amines) is 1. The topological polar surface area (TPSA) is 52.7 Å². The maximum absolute atomic E-state index is 13.4. The van der Waals surface area contributed by atoms with Gasteiger partial charge in [-0.2, -0.15) is 0 Å². The molecule has 5 nitrogen and oxygen atoms in total. The standard InChI is InChI=1S/C22H39N3O2/c1-8-14-25(18(10-3)16(4)5)22(27)20(17(6)9-2)23-21(26)19-13-11-12-15-24(19)7/h3,16-20H,8-9,11-15H2,1-2,4-7H3,(H,23,26)/t17-,18+,19+,20-/m0/s1. The molecule has 0 saturated carbocycles. The summed E-state index contributed by atoms with van der Waals surface area (Å²) in [5, 5.41) is 3.08. The first-order chi connectivity index (χ1) is 12.8. The summed E-state index contributed by atoms with van der Waals surface area (Å²) < 4.78 is 0. The zero-order chi connectivity index (χ0) is 20.6. The summed E-state index contributed by atoms with van der Waals surface area (Å²) in [5.74, 6) is 2.93. The molecule has 27 heavy (non-hydrogen) atoms. The van der Waals surface area contributed by atoms with Crippen LogP contribution in [-0.2, 0) is 9.59 Å². The van der Waals surface area contributed by atoms with Crippen LogP contribution in [0.25, 0.3) is 0 Å². The summed E-state index contributed by atoms with van der Waals surface area (Å²) >= 11 is 0. The Morgan fingerprint density at radius 3 is 2.41 bits per heavy atom. The lowest BCUT2D eigenvalue weighted by molar-refractivity contribution is -0.141. The molecule has 1 aliphatic heterocycles. The Hall–Kier alpha value is -1.54. The van der Waals surface area contributed by atoms with Gasteiger partial charge in [0.15, 0.2) is 0 Å². The molecule has 4 atom stereocenters. The van der Waals surface area contributed by atoms with Gasteiger partial charge in [0, 0.05) is 6.54 Å². The largest absolute Gasteiger partial charge is 0.343 e. The monoisotopic (exact) mass is 377 g/mol. The third kappa shape index (κ3) is 6.24. The molecule has 0 aromatic carbocycles. The summed E-state index contributed by atoms with van der Waals surface area (Å²) in [5.41, 5.74) is 0. The Balaban J connectivity index is 3.03. The average molecular weight is 378 g/mol. The van der Waals surface area contributed by atoms with Gasteiger partial charge in [0.1, 0.15) is 6.04 Å². The van der Waals surface area contributed by atoms with Crippen LogP contribution in [0.3, 0.4) is 0 Å². The lowest BCUT2D eigenvalue weighted by Crippen LogP contribution is -2.58. The van der Waals surface area contributed by atoms with Gasteiger partial charge in [-0.15, -0.1) is 6.42 Å². The summed E-state index contributed by atoms with van der Waals surface area (Å²) in [6.45, 7) is 11.7. The molecular formula is C22H39N3O2. The first-order valence-electron chi connectivity index (χ1n) is 10.6. The van der Waals surface area contributed by atoms with E-state index in [9.17, 15) is 9.59 Å². The molecule has 2 amide bonds. The zero-order valence-electron chi connectivity index (χ0n) is 18.1. The molecule has 0 radical (unpaired) electrons. The quantitative estimate of drug-likeness (QED) is 0.629. The second kappa shape index (κ2) is 11.3. The third-order valence-electron chi connectivity index (χ3n) is 5.74. The summed E-state index contributed by atoms with van der Waals surface area (Å²) in [7, 11) is 1.99. The van der Waals surface area contributed by atoms with Gasteiger partial charge in [0.25, 0.3) is 0 Å². The maximum Gasteiger partial charge on any atom is 0.246 e. The van der Waals surface area contributed by atoms with Crippen LogP contribution in [0, 0.1) is 24.2 Å². The fourth-order valence-electron chi connectivity index (χ4n) is 3.79. The summed E-state index contributed by atoms with van der Waals surface area (Å²) in [6.07, 6.45) is 10.4. The number of nitrogens with zero attached hydrogens (tertiary/aromatic N) is 2. The van der Waals surface area contributed by atoms with Gasteiger partial charge in [-0.1, -0.05) is 53.4 Å². The predicted octanol–water partition coefficient (Wildman–Crippen LogP) is 2.90. The van der Waals surface area contributed by atoms with Gasteiger partial charge in [0.05, 0.1) is 12.1 Å². The van der Waals surface area contributed by atoms with E-state index in [1.807, 2.05) is 34.7 Å². The molecule has 0 spiro atoms. The van der Waals surface area contributed by atoms with E-state index in [0.717, 1.165) is 38.6 Å². The van der Waals surface area contributed by atoms with E-state index in [1.165, 1.54) is 0 Å². The minimum atomic E-state index is -0.529. The normalized spacial score (nSPS) is 21.2. The van der Waals surface area contributed by atoms with Crippen molar-refractivity contribution in [1.82, 2.24) is 15.1 Å². The van der Waals surface area contributed by atoms with E-state index in [4.69, 9.17) is 6.42 Å². The molecule has 0 aliphatic carbocycles. The fraction of sp³-hybridized carbons (Fsp3) is 0.818. The smallest absolute Gasteiger partial charge is 0.246 e. The second-order valence-corrected chi connectivity index (χ2v) is 8.25. The highest BCUT2D eigenvalue weighted by atomic mass is 16.2. The number of amides is 2. The lowest BCUT2D eigenvalue weighted by atomic mass is 9.94. The van der Waals surface area contributed by atoms with Gasteiger partial charge in [-0.25, -0.2) is 0 Å². The van der Waals surface area contributed by atoms with E-state index in [1.54, 1.807) is 4.90 Å². The van der Waals surface area contributed by atoms with Crippen molar-refractivity contribution >= 4 is 11.8 Å². The molecule has 5 heteroatoms. The number of terminal acetylenes is 1. The van der Waals surface area contributed by atoms with Crippen molar-refractivity contribution in [2.24, 2.45) is 11.8 Å². The maximum atomic E-state index is 13.4. The highest BCUT2D eigenvalue weighted by Gasteiger charge is 2.36. The van der Waals surface area contributed by atoms with Gasteiger partial charge >= 0.3 is 0 Å². The Labute approximate surface area is 166 Å². The zero-order valence-corrected chi connectivity index (χ0v) is 18.1. The summed E-state index contributed by atoms with van der Waals surface area (Å²) in [6, 6.07) is -0.927. The van der Waals surface area contributed by atoms with Crippen molar-refractivity contribution in [3.05, 3.63) is 0 Å². The SMILES string of the molecule is C#C[C@H](C(C)C)N(CCC)C(=O)[C@@H](NC(=O)[C@H]1CCCCN1C)[C@@H](C)CC. The molecule has 1 heterocycles. The van der Waals surface area contributed by atoms with Crippen LogP contribution >= 0.6 is 0 Å². The summed E-state index contributed by atoms with van der Waals surface area (Å²) in [4.78, 5) is 30.3. The van der Waals surface area contributed by atoms with Crippen LogP contribution in [0.4, 0.5) is 0 Å². The van der Waals surface area contributed by atoms with Crippen molar-refractivity contribution in [1.29, 1.82) is 0 Å². The number of rotatable bonds is 9.